The lowest BCUT2D eigenvalue weighted by Crippen LogP contribution is -2.57. The first kappa shape index (κ1) is 33.2. The van der Waals surface area contributed by atoms with E-state index in [4.69, 9.17) is 18.9 Å². The van der Waals surface area contributed by atoms with Crippen LogP contribution >= 0.6 is 0 Å². The Morgan fingerprint density at radius 1 is 1.15 bits per heavy atom. The van der Waals surface area contributed by atoms with Crippen molar-refractivity contribution in [1.29, 1.82) is 0 Å². The highest BCUT2D eigenvalue weighted by Gasteiger charge is 2.51. The number of rotatable bonds is 4. The Bertz CT molecular complexity index is 1550. The van der Waals surface area contributed by atoms with Crippen molar-refractivity contribution in [3.05, 3.63) is 42.1 Å². The molecule has 3 aliphatic rings. The predicted octanol–water partition coefficient (Wildman–Crippen LogP) is 5.23. The third-order valence-corrected chi connectivity index (χ3v) is 8.52. The van der Waals surface area contributed by atoms with E-state index in [0.29, 0.717) is 29.6 Å². The number of carbonyl (C=O) groups excluding carboxylic acids is 3. The molecular weight excluding hydrogens is 595 g/mol. The molecule has 1 N–H and O–H groups in total. The second-order valence-corrected chi connectivity index (χ2v) is 13.8. The summed E-state index contributed by atoms with van der Waals surface area (Å²) in [6.45, 7) is 11.2. The first-order valence-electron chi connectivity index (χ1n) is 15.8. The normalized spacial score (nSPS) is 27.0. The quantitative estimate of drug-likeness (QED) is 0.448. The lowest BCUT2D eigenvalue weighted by atomic mass is 9.85. The van der Waals surface area contributed by atoms with Crippen LogP contribution in [-0.2, 0) is 19.1 Å². The van der Waals surface area contributed by atoms with Crippen LogP contribution < -0.4 is 14.8 Å². The van der Waals surface area contributed by atoms with Crippen LogP contribution in [0.5, 0.6) is 11.6 Å². The van der Waals surface area contributed by atoms with Crippen LogP contribution in [0.4, 0.5) is 9.18 Å². The number of nitrogens with zero attached hydrogens (tertiary/aromatic N) is 3. The fourth-order valence-electron chi connectivity index (χ4n) is 5.74. The number of ether oxygens (including phenoxy) is 4. The molecule has 2 bridgehead atoms. The highest BCUT2D eigenvalue weighted by Crippen LogP contribution is 2.38. The van der Waals surface area contributed by atoms with Gasteiger partial charge in [0.1, 0.15) is 30.0 Å². The number of halogens is 1. The Morgan fingerprint density at radius 3 is 2.61 bits per heavy atom. The third-order valence-electron chi connectivity index (χ3n) is 8.52. The maximum absolute atomic E-state index is 15.8. The van der Waals surface area contributed by atoms with E-state index in [-0.39, 0.29) is 42.7 Å². The van der Waals surface area contributed by atoms with Crippen molar-refractivity contribution in [2.45, 2.75) is 78.7 Å². The molecule has 0 spiro atoms. The number of carbonyl (C=O) groups is 3. The Morgan fingerprint density at radius 2 is 1.91 bits per heavy atom. The molecular formula is C34H43FN4O7. The summed E-state index contributed by atoms with van der Waals surface area (Å²) in [5, 5.41) is 2.77. The Hall–Kier alpha value is -4.22. The van der Waals surface area contributed by atoms with Crippen LogP contribution in [0.3, 0.4) is 0 Å². The van der Waals surface area contributed by atoms with Crippen molar-refractivity contribution in [3.8, 4) is 11.6 Å². The predicted molar refractivity (Wildman–Crippen MR) is 169 cm³/mol. The maximum atomic E-state index is 15.8. The van der Waals surface area contributed by atoms with Gasteiger partial charge in [0.2, 0.25) is 11.8 Å². The molecule has 12 heteroatoms. The average molecular weight is 639 g/mol. The van der Waals surface area contributed by atoms with Gasteiger partial charge in [-0.1, -0.05) is 53.7 Å². The first-order valence-corrected chi connectivity index (χ1v) is 15.8. The van der Waals surface area contributed by atoms with E-state index in [1.807, 2.05) is 34.6 Å². The Kier molecular flexibility index (Phi) is 9.55. The molecule has 6 atom stereocenters. The number of alkyl carbamates (subject to hydrolysis) is 1. The summed E-state index contributed by atoms with van der Waals surface area (Å²) in [6, 6.07) is 3.01. The molecule has 2 fully saturated rings. The zero-order valence-electron chi connectivity index (χ0n) is 27.4. The van der Waals surface area contributed by atoms with Crippen LogP contribution in [0.2, 0.25) is 0 Å². The smallest absolute Gasteiger partial charge is 0.408 e. The van der Waals surface area contributed by atoms with Crippen molar-refractivity contribution >= 4 is 34.8 Å². The highest BCUT2D eigenvalue weighted by atomic mass is 19.1. The molecule has 2 aliphatic heterocycles. The van der Waals surface area contributed by atoms with Gasteiger partial charge in [-0.25, -0.2) is 23.9 Å². The van der Waals surface area contributed by atoms with E-state index in [9.17, 15) is 14.4 Å². The van der Waals surface area contributed by atoms with Crippen LogP contribution in [0.15, 0.2) is 36.4 Å². The molecule has 5 rings (SSSR count). The van der Waals surface area contributed by atoms with Gasteiger partial charge in [-0.3, -0.25) is 4.79 Å². The summed E-state index contributed by atoms with van der Waals surface area (Å²) in [7, 11) is 1.53. The second kappa shape index (κ2) is 13.3. The zero-order valence-corrected chi connectivity index (χ0v) is 27.4. The number of allylic oxidation sites excluding steroid dienone is 3. The van der Waals surface area contributed by atoms with Gasteiger partial charge in [0.25, 0.3) is 0 Å². The number of hydrogen-bond donors (Lipinski definition) is 1. The first-order chi connectivity index (χ1) is 21.8. The fraction of sp³-hybridized carbons (Fsp3) is 0.559. The number of methoxy groups -OCH3 is 1. The number of fused-ring (bicyclic) bond motifs is 5. The van der Waals surface area contributed by atoms with Gasteiger partial charge in [-0.15, -0.1) is 0 Å². The van der Waals surface area contributed by atoms with E-state index < -0.39 is 53.3 Å². The number of esters is 1. The fourth-order valence-corrected chi connectivity index (χ4v) is 5.74. The van der Waals surface area contributed by atoms with Crippen molar-refractivity contribution in [3.63, 3.8) is 0 Å². The summed E-state index contributed by atoms with van der Waals surface area (Å²) in [4.78, 5) is 51.4. The van der Waals surface area contributed by atoms with E-state index in [0.717, 1.165) is 0 Å². The molecule has 11 nitrogen and oxygen atoms in total. The molecule has 46 heavy (non-hydrogen) atoms. The van der Waals surface area contributed by atoms with Gasteiger partial charge in [0, 0.05) is 17.9 Å². The number of hydrogen-bond acceptors (Lipinski definition) is 9. The lowest BCUT2D eigenvalue weighted by molar-refractivity contribution is -0.156. The van der Waals surface area contributed by atoms with Gasteiger partial charge in [0.15, 0.2) is 11.5 Å². The molecule has 2 aromatic rings. The molecule has 1 aliphatic carbocycles. The van der Waals surface area contributed by atoms with Crippen LogP contribution in [-0.4, -0.2) is 77.4 Å². The number of benzene rings is 1. The van der Waals surface area contributed by atoms with Crippen LogP contribution in [0.1, 0.15) is 60.1 Å². The summed E-state index contributed by atoms with van der Waals surface area (Å²) >= 11 is 0. The second-order valence-electron chi connectivity index (χ2n) is 13.8. The van der Waals surface area contributed by atoms with E-state index in [1.54, 1.807) is 37.3 Å². The highest BCUT2D eigenvalue weighted by molar-refractivity contribution is 5.91. The minimum atomic E-state index is -1.03. The minimum absolute atomic E-state index is 0.0437. The summed E-state index contributed by atoms with van der Waals surface area (Å²) < 4.78 is 38.8. The van der Waals surface area contributed by atoms with Crippen molar-refractivity contribution in [2.75, 3.05) is 20.3 Å². The molecule has 1 aromatic heterocycles. The maximum Gasteiger partial charge on any atom is 0.408 e. The van der Waals surface area contributed by atoms with Gasteiger partial charge >= 0.3 is 12.1 Å². The molecule has 248 valence electrons. The molecule has 2 amide bonds. The van der Waals surface area contributed by atoms with E-state index >= 15 is 4.39 Å². The molecule has 3 heterocycles. The molecule has 0 radical (unpaired) electrons. The average Bonchev–Trinajstić information content (AvgIpc) is 3.65. The van der Waals surface area contributed by atoms with Crippen molar-refractivity contribution in [2.24, 2.45) is 23.2 Å². The molecule has 6 unspecified atom stereocenters. The molecule has 1 saturated heterocycles. The summed E-state index contributed by atoms with van der Waals surface area (Å²) in [5.74, 6) is -1.72. The van der Waals surface area contributed by atoms with E-state index in [2.05, 4.69) is 15.3 Å². The van der Waals surface area contributed by atoms with Crippen LogP contribution in [0.25, 0.3) is 16.9 Å². The van der Waals surface area contributed by atoms with Gasteiger partial charge in [-0.05, 0) is 42.4 Å². The Balaban J connectivity index is 1.59. The minimum Gasteiger partial charge on any atom is -0.497 e. The molecule has 1 aromatic carbocycles. The molecule has 1 saturated carbocycles. The van der Waals surface area contributed by atoms with Gasteiger partial charge in [-0.2, -0.15) is 0 Å². The summed E-state index contributed by atoms with van der Waals surface area (Å²) in [5.41, 5.74) is 0.0179. The standard InChI is InChI=1S/C34H43FN4O7/c1-18(2)17-44-32(41)28-19(3)26-16-39(28)31(40)29(34(4,5)6)38-33(42)46-25-14-20(25)10-8-9-11-22(35)27-30(45-26)37-24-15-21(43-7)12-13-23(24)36-27/h8-9,11-13,15,18-20,25-26,28-29H,10,14,16-17H2,1-7H3,(H,38,42). The topological polar surface area (TPSA) is 129 Å². The summed E-state index contributed by atoms with van der Waals surface area (Å²) in [6.07, 6.45) is 4.10. The largest absolute Gasteiger partial charge is 0.497 e. The van der Waals surface area contributed by atoms with Gasteiger partial charge in [0.05, 0.1) is 31.3 Å². The monoisotopic (exact) mass is 638 g/mol. The Labute approximate surface area is 268 Å². The zero-order chi connectivity index (χ0) is 33.3. The van der Waals surface area contributed by atoms with E-state index in [1.165, 1.54) is 18.1 Å². The number of nitrogens with one attached hydrogen (secondary N) is 1. The van der Waals surface area contributed by atoms with Crippen molar-refractivity contribution in [1.82, 2.24) is 20.2 Å². The van der Waals surface area contributed by atoms with Gasteiger partial charge < -0.3 is 29.2 Å². The van der Waals surface area contributed by atoms with Crippen molar-refractivity contribution < 1.29 is 37.7 Å². The third kappa shape index (κ3) is 7.26. The van der Waals surface area contributed by atoms with Crippen LogP contribution in [0, 0.1) is 23.2 Å². The SMILES string of the molecule is COc1ccc2nc3c(nc2c1)OC1CN(C(=O)C(C(C)(C)C)NC(=O)OC2CC2CC=CC=C3F)C(C(=O)OCC(C)C)C1C. The number of aromatic nitrogens is 2. The lowest BCUT2D eigenvalue weighted by Gasteiger charge is -2.35. The number of amides is 2.